The predicted molar refractivity (Wildman–Crippen MR) is 89.9 cm³/mol. The molecule has 1 aromatic carbocycles. The lowest BCUT2D eigenvalue weighted by Gasteiger charge is -2.31. The van der Waals surface area contributed by atoms with Crippen LogP contribution in [0, 0.1) is 5.92 Å². The van der Waals surface area contributed by atoms with Crippen molar-refractivity contribution in [1.82, 2.24) is 9.91 Å². The van der Waals surface area contributed by atoms with E-state index in [4.69, 9.17) is 4.74 Å². The van der Waals surface area contributed by atoms with Crippen LogP contribution in [-0.4, -0.2) is 55.6 Å². The minimum absolute atomic E-state index is 0.127. The van der Waals surface area contributed by atoms with Crippen LogP contribution < -0.4 is 0 Å². The Morgan fingerprint density at radius 2 is 2.08 bits per heavy atom. The fraction of sp³-hybridized carbons (Fsp3) is 0.529. The molecule has 1 amide bonds. The molecule has 1 fully saturated rings. The maximum atomic E-state index is 12.8. The molecule has 1 aliphatic heterocycles. The van der Waals surface area contributed by atoms with Crippen LogP contribution in [-0.2, 0) is 9.53 Å². The second kappa shape index (κ2) is 8.42. The Kier molecular flexibility index (Phi) is 6.28. The van der Waals surface area contributed by atoms with Gasteiger partial charge < -0.3 is 9.64 Å². The van der Waals surface area contributed by atoms with Gasteiger partial charge in [-0.1, -0.05) is 17.4 Å². The van der Waals surface area contributed by atoms with Gasteiger partial charge in [-0.3, -0.25) is 14.6 Å². The number of carbonyl (C=O) groups is 2. The quantitative estimate of drug-likeness (QED) is 0.472. The van der Waals surface area contributed by atoms with E-state index in [2.05, 4.69) is 10.3 Å². The topological polar surface area (TPSA) is 74.6 Å². The molecule has 130 valence electrons. The average molecular weight is 332 g/mol. The van der Waals surface area contributed by atoms with Crippen LogP contribution >= 0.6 is 0 Å². The zero-order valence-corrected chi connectivity index (χ0v) is 14.4. The Balaban J connectivity index is 2.15. The Labute approximate surface area is 142 Å². The van der Waals surface area contributed by atoms with Crippen LogP contribution in [0.15, 0.2) is 34.6 Å². The second-order valence-corrected chi connectivity index (χ2v) is 5.90. The van der Waals surface area contributed by atoms with E-state index >= 15 is 0 Å². The number of benzene rings is 1. The third kappa shape index (κ3) is 4.53. The van der Waals surface area contributed by atoms with Crippen LogP contribution in [0.3, 0.4) is 0 Å². The fourth-order valence-electron chi connectivity index (χ4n) is 2.66. The van der Waals surface area contributed by atoms with Gasteiger partial charge in [-0.25, -0.2) is 0 Å². The van der Waals surface area contributed by atoms with Crippen molar-refractivity contribution in [2.45, 2.75) is 19.8 Å². The van der Waals surface area contributed by atoms with Crippen molar-refractivity contribution in [3.8, 4) is 0 Å². The zero-order valence-electron chi connectivity index (χ0n) is 14.4. The first-order chi connectivity index (χ1) is 11.5. The fourth-order valence-corrected chi connectivity index (χ4v) is 2.66. The van der Waals surface area contributed by atoms with Crippen LogP contribution in [0.2, 0.25) is 0 Å². The van der Waals surface area contributed by atoms with Crippen molar-refractivity contribution in [3.05, 3.63) is 29.8 Å². The van der Waals surface area contributed by atoms with Gasteiger partial charge in [-0.2, -0.15) is 0 Å². The Morgan fingerprint density at radius 3 is 2.79 bits per heavy atom. The molecule has 0 N–H and O–H groups in total. The molecule has 0 radical (unpaired) electrons. The van der Waals surface area contributed by atoms with Crippen molar-refractivity contribution >= 4 is 17.6 Å². The van der Waals surface area contributed by atoms with Gasteiger partial charge in [0, 0.05) is 27.2 Å². The number of esters is 1. The SMILES string of the molecule is CCOC(=O)[C@@H]1CCCN(C(=O)c2ccccc2N=NN(C)C)C1. The minimum Gasteiger partial charge on any atom is -0.466 e. The lowest BCUT2D eigenvalue weighted by molar-refractivity contribution is -0.149. The number of carbonyl (C=O) groups excluding carboxylic acids is 2. The predicted octanol–water partition coefficient (Wildman–Crippen LogP) is 2.66. The summed E-state index contributed by atoms with van der Waals surface area (Å²) in [6.07, 6.45) is 1.54. The third-order valence-corrected chi connectivity index (χ3v) is 3.79. The molecule has 0 aliphatic carbocycles. The molecular formula is C17H24N4O3. The van der Waals surface area contributed by atoms with Crippen LogP contribution in [0.5, 0.6) is 0 Å². The van der Waals surface area contributed by atoms with E-state index in [-0.39, 0.29) is 17.8 Å². The van der Waals surface area contributed by atoms with Crippen molar-refractivity contribution in [3.63, 3.8) is 0 Å². The molecule has 0 spiro atoms. The highest BCUT2D eigenvalue weighted by Crippen LogP contribution is 2.25. The average Bonchev–Trinajstić information content (AvgIpc) is 2.60. The van der Waals surface area contributed by atoms with E-state index < -0.39 is 0 Å². The van der Waals surface area contributed by atoms with Gasteiger partial charge in [-0.05, 0) is 31.9 Å². The smallest absolute Gasteiger partial charge is 0.310 e. The van der Waals surface area contributed by atoms with Gasteiger partial charge in [0.25, 0.3) is 5.91 Å². The molecule has 1 heterocycles. The number of likely N-dealkylation sites (tertiary alicyclic amines) is 1. The monoisotopic (exact) mass is 332 g/mol. The first kappa shape index (κ1) is 17.9. The molecule has 0 unspecified atom stereocenters. The maximum Gasteiger partial charge on any atom is 0.310 e. The number of amides is 1. The molecule has 1 aliphatic rings. The summed E-state index contributed by atoms with van der Waals surface area (Å²) in [5, 5.41) is 9.65. The molecule has 0 aromatic heterocycles. The van der Waals surface area contributed by atoms with Gasteiger partial charge >= 0.3 is 5.97 Å². The molecule has 0 saturated carbocycles. The van der Waals surface area contributed by atoms with Gasteiger partial charge in [-0.15, -0.1) is 5.11 Å². The van der Waals surface area contributed by atoms with Gasteiger partial charge in [0.2, 0.25) is 0 Å². The summed E-state index contributed by atoms with van der Waals surface area (Å²) in [6.45, 7) is 3.16. The van der Waals surface area contributed by atoms with E-state index in [1.165, 1.54) is 0 Å². The summed E-state index contributed by atoms with van der Waals surface area (Å²) in [6, 6.07) is 7.11. The molecule has 1 atom stereocenters. The molecule has 1 aromatic rings. The minimum atomic E-state index is -0.252. The van der Waals surface area contributed by atoms with Gasteiger partial charge in [0.05, 0.1) is 18.1 Å². The Hall–Kier alpha value is -2.44. The van der Waals surface area contributed by atoms with Crippen molar-refractivity contribution in [1.29, 1.82) is 0 Å². The van der Waals surface area contributed by atoms with E-state index in [0.717, 1.165) is 12.8 Å². The highest BCUT2D eigenvalue weighted by atomic mass is 16.5. The number of piperidine rings is 1. The lowest BCUT2D eigenvalue weighted by Crippen LogP contribution is -2.42. The Bertz CT molecular complexity index is 616. The summed E-state index contributed by atoms with van der Waals surface area (Å²) >= 11 is 0. The van der Waals surface area contributed by atoms with E-state index in [9.17, 15) is 9.59 Å². The van der Waals surface area contributed by atoms with E-state index in [0.29, 0.717) is 30.9 Å². The first-order valence-electron chi connectivity index (χ1n) is 8.16. The second-order valence-electron chi connectivity index (χ2n) is 5.90. The van der Waals surface area contributed by atoms with Crippen molar-refractivity contribution < 1.29 is 14.3 Å². The molecular weight excluding hydrogens is 308 g/mol. The highest BCUT2D eigenvalue weighted by molar-refractivity contribution is 5.99. The normalized spacial score (nSPS) is 17.8. The van der Waals surface area contributed by atoms with Crippen molar-refractivity contribution in [2.75, 3.05) is 33.8 Å². The lowest BCUT2D eigenvalue weighted by atomic mass is 9.97. The summed E-state index contributed by atoms with van der Waals surface area (Å²) in [5.41, 5.74) is 1.02. The largest absolute Gasteiger partial charge is 0.466 e. The van der Waals surface area contributed by atoms with Crippen LogP contribution in [0.25, 0.3) is 0 Å². The van der Waals surface area contributed by atoms with Crippen LogP contribution in [0.4, 0.5) is 5.69 Å². The molecule has 0 bridgehead atoms. The summed E-state index contributed by atoms with van der Waals surface area (Å²) < 4.78 is 5.09. The van der Waals surface area contributed by atoms with Gasteiger partial charge in [0.1, 0.15) is 5.69 Å². The van der Waals surface area contributed by atoms with Crippen molar-refractivity contribution in [2.24, 2.45) is 16.3 Å². The number of hydrogen-bond donors (Lipinski definition) is 0. The summed E-state index contributed by atoms with van der Waals surface area (Å²) in [5.74, 6) is -0.605. The van der Waals surface area contributed by atoms with Crippen LogP contribution in [0.1, 0.15) is 30.1 Å². The number of nitrogens with zero attached hydrogens (tertiary/aromatic N) is 4. The zero-order chi connectivity index (χ0) is 17.5. The highest BCUT2D eigenvalue weighted by Gasteiger charge is 2.30. The van der Waals surface area contributed by atoms with E-state index in [1.54, 1.807) is 49.1 Å². The molecule has 7 heteroatoms. The maximum absolute atomic E-state index is 12.8. The molecule has 2 rings (SSSR count). The molecule has 7 nitrogen and oxygen atoms in total. The van der Waals surface area contributed by atoms with Gasteiger partial charge in [0.15, 0.2) is 0 Å². The number of ether oxygens (including phenoxy) is 1. The molecule has 24 heavy (non-hydrogen) atoms. The summed E-state index contributed by atoms with van der Waals surface area (Å²) in [7, 11) is 3.53. The van der Waals surface area contributed by atoms with E-state index in [1.807, 2.05) is 6.07 Å². The Morgan fingerprint density at radius 1 is 1.33 bits per heavy atom. The third-order valence-electron chi connectivity index (χ3n) is 3.79. The standard InChI is InChI=1S/C17H24N4O3/c1-4-24-17(23)13-8-7-11-21(12-13)16(22)14-9-5-6-10-15(14)18-19-20(2)3/h5-6,9-10,13H,4,7-8,11-12H2,1-3H3/t13-/m1/s1. The number of hydrogen-bond acceptors (Lipinski definition) is 5. The first-order valence-corrected chi connectivity index (χ1v) is 8.16. The molecule has 1 saturated heterocycles. The summed E-state index contributed by atoms with van der Waals surface area (Å²) in [4.78, 5) is 26.5. The number of rotatable bonds is 5.